The van der Waals surface area contributed by atoms with Crippen molar-refractivity contribution < 1.29 is 9.53 Å². The Balaban J connectivity index is 3.65. The SMILES string of the molecule is CC(=O)OCCC/C(C)=N/NC(C)(C)C. The first-order valence-corrected chi connectivity index (χ1v) is 5.25. The van der Waals surface area contributed by atoms with E-state index >= 15 is 0 Å². The van der Waals surface area contributed by atoms with Crippen molar-refractivity contribution in [1.29, 1.82) is 0 Å². The molecule has 0 unspecified atom stereocenters. The molecule has 0 aromatic heterocycles. The fourth-order valence-electron chi connectivity index (χ4n) is 0.863. The van der Waals surface area contributed by atoms with Crippen LogP contribution in [0.2, 0.25) is 0 Å². The lowest BCUT2D eigenvalue weighted by Crippen LogP contribution is -2.32. The van der Waals surface area contributed by atoms with Gasteiger partial charge in [-0.05, 0) is 40.5 Å². The lowest BCUT2D eigenvalue weighted by Gasteiger charge is -2.18. The quantitative estimate of drug-likeness (QED) is 0.330. The van der Waals surface area contributed by atoms with E-state index in [2.05, 4.69) is 31.3 Å². The fourth-order valence-corrected chi connectivity index (χ4v) is 0.863. The molecule has 0 atom stereocenters. The zero-order valence-corrected chi connectivity index (χ0v) is 10.4. The van der Waals surface area contributed by atoms with E-state index in [1.807, 2.05) is 6.92 Å². The number of hydrazone groups is 1. The molecule has 0 rings (SSSR count). The van der Waals surface area contributed by atoms with Gasteiger partial charge in [0.05, 0.1) is 6.61 Å². The molecule has 0 bridgehead atoms. The van der Waals surface area contributed by atoms with Crippen LogP contribution < -0.4 is 5.43 Å². The molecule has 15 heavy (non-hydrogen) atoms. The molecule has 0 spiro atoms. The Kier molecular flexibility index (Phi) is 5.97. The molecule has 0 amide bonds. The van der Waals surface area contributed by atoms with Crippen LogP contribution in [0.3, 0.4) is 0 Å². The summed E-state index contributed by atoms with van der Waals surface area (Å²) in [6.07, 6.45) is 1.66. The van der Waals surface area contributed by atoms with Crippen LogP contribution in [0.5, 0.6) is 0 Å². The summed E-state index contributed by atoms with van der Waals surface area (Å²) in [4.78, 5) is 10.5. The van der Waals surface area contributed by atoms with Gasteiger partial charge in [-0.1, -0.05) is 0 Å². The zero-order valence-electron chi connectivity index (χ0n) is 10.4. The Morgan fingerprint density at radius 2 is 1.93 bits per heavy atom. The second-order valence-electron chi connectivity index (χ2n) is 4.65. The van der Waals surface area contributed by atoms with Gasteiger partial charge in [-0.15, -0.1) is 0 Å². The maximum Gasteiger partial charge on any atom is 0.302 e. The van der Waals surface area contributed by atoms with E-state index in [-0.39, 0.29) is 11.5 Å². The molecular weight excluding hydrogens is 192 g/mol. The third kappa shape index (κ3) is 10.9. The van der Waals surface area contributed by atoms with E-state index < -0.39 is 0 Å². The number of hydrogen-bond donors (Lipinski definition) is 1. The summed E-state index contributed by atoms with van der Waals surface area (Å²) in [5.74, 6) is -0.225. The van der Waals surface area contributed by atoms with Crippen molar-refractivity contribution in [3.63, 3.8) is 0 Å². The number of rotatable bonds is 5. The van der Waals surface area contributed by atoms with Gasteiger partial charge in [0.1, 0.15) is 0 Å². The first-order chi connectivity index (χ1) is 6.81. The Hall–Kier alpha value is -1.06. The topological polar surface area (TPSA) is 50.7 Å². The number of carbonyl (C=O) groups excluding carboxylic acids is 1. The molecular formula is C11H22N2O2. The second kappa shape index (κ2) is 6.43. The molecule has 0 aliphatic carbocycles. The first kappa shape index (κ1) is 13.9. The highest BCUT2D eigenvalue weighted by atomic mass is 16.5. The van der Waals surface area contributed by atoms with Crippen LogP contribution >= 0.6 is 0 Å². The van der Waals surface area contributed by atoms with E-state index in [0.717, 1.165) is 18.6 Å². The smallest absolute Gasteiger partial charge is 0.302 e. The maximum absolute atomic E-state index is 10.5. The van der Waals surface area contributed by atoms with Gasteiger partial charge in [0, 0.05) is 18.2 Å². The summed E-state index contributed by atoms with van der Waals surface area (Å²) >= 11 is 0. The van der Waals surface area contributed by atoms with Crippen molar-refractivity contribution in [2.24, 2.45) is 5.10 Å². The third-order valence-corrected chi connectivity index (χ3v) is 1.57. The van der Waals surface area contributed by atoms with Crippen LogP contribution in [0.25, 0.3) is 0 Å². The molecule has 0 radical (unpaired) electrons. The average molecular weight is 214 g/mol. The van der Waals surface area contributed by atoms with Crippen molar-refractivity contribution in [1.82, 2.24) is 5.43 Å². The molecule has 4 heteroatoms. The van der Waals surface area contributed by atoms with Gasteiger partial charge in [0.2, 0.25) is 0 Å². The molecule has 0 heterocycles. The minimum Gasteiger partial charge on any atom is -0.466 e. The Morgan fingerprint density at radius 1 is 1.33 bits per heavy atom. The molecule has 4 nitrogen and oxygen atoms in total. The molecule has 1 N–H and O–H groups in total. The number of carbonyl (C=O) groups is 1. The van der Waals surface area contributed by atoms with E-state index in [0.29, 0.717) is 6.61 Å². The predicted molar refractivity (Wildman–Crippen MR) is 61.9 cm³/mol. The summed E-state index contributed by atoms with van der Waals surface area (Å²) in [7, 11) is 0. The van der Waals surface area contributed by atoms with Crippen LogP contribution in [-0.4, -0.2) is 23.8 Å². The molecule has 0 aliphatic rings. The van der Waals surface area contributed by atoms with Gasteiger partial charge in [-0.2, -0.15) is 5.10 Å². The maximum atomic E-state index is 10.5. The summed E-state index contributed by atoms with van der Waals surface area (Å²) in [6, 6.07) is 0. The highest BCUT2D eigenvalue weighted by Gasteiger charge is 2.06. The predicted octanol–water partition coefficient (Wildman–Crippen LogP) is 2.09. The van der Waals surface area contributed by atoms with Gasteiger partial charge in [-0.25, -0.2) is 0 Å². The van der Waals surface area contributed by atoms with Crippen LogP contribution in [0.4, 0.5) is 0 Å². The number of hydrogen-bond acceptors (Lipinski definition) is 4. The van der Waals surface area contributed by atoms with Gasteiger partial charge in [-0.3, -0.25) is 4.79 Å². The highest BCUT2D eigenvalue weighted by molar-refractivity contribution is 5.81. The molecule has 0 saturated carbocycles. The molecule has 0 fully saturated rings. The largest absolute Gasteiger partial charge is 0.466 e. The lowest BCUT2D eigenvalue weighted by molar-refractivity contribution is -0.140. The van der Waals surface area contributed by atoms with Crippen molar-refractivity contribution in [3.8, 4) is 0 Å². The molecule has 0 aromatic rings. The molecule has 0 aromatic carbocycles. The average Bonchev–Trinajstić information content (AvgIpc) is 2.07. The first-order valence-electron chi connectivity index (χ1n) is 5.25. The summed E-state index contributed by atoms with van der Waals surface area (Å²) in [5, 5.41) is 4.24. The van der Waals surface area contributed by atoms with E-state index in [4.69, 9.17) is 4.74 Å². The summed E-state index contributed by atoms with van der Waals surface area (Å²) in [6.45, 7) is 10.0. The van der Waals surface area contributed by atoms with Gasteiger partial charge >= 0.3 is 5.97 Å². The normalized spacial score (nSPS) is 12.5. The van der Waals surface area contributed by atoms with Gasteiger partial charge in [0.25, 0.3) is 0 Å². The number of ether oxygens (including phenoxy) is 1. The fraction of sp³-hybridized carbons (Fsp3) is 0.818. The lowest BCUT2D eigenvalue weighted by atomic mass is 10.1. The minimum atomic E-state index is -0.225. The van der Waals surface area contributed by atoms with Crippen molar-refractivity contribution in [3.05, 3.63) is 0 Å². The third-order valence-electron chi connectivity index (χ3n) is 1.57. The van der Waals surface area contributed by atoms with Crippen LogP contribution in [0.1, 0.15) is 47.5 Å². The molecule has 0 aliphatic heterocycles. The Labute approximate surface area is 92.1 Å². The van der Waals surface area contributed by atoms with Gasteiger partial charge in [0.15, 0.2) is 0 Å². The van der Waals surface area contributed by atoms with Crippen LogP contribution in [0.15, 0.2) is 5.10 Å². The summed E-state index contributed by atoms with van der Waals surface area (Å²) in [5.41, 5.74) is 4.07. The highest BCUT2D eigenvalue weighted by Crippen LogP contribution is 1.99. The standard InChI is InChI=1S/C11H22N2O2/c1-9(12-13-11(3,4)5)7-6-8-15-10(2)14/h13H,6-8H2,1-5H3/b12-9+. The zero-order chi connectivity index (χ0) is 11.9. The number of nitrogens with one attached hydrogen (secondary N) is 1. The molecule has 88 valence electrons. The summed E-state index contributed by atoms with van der Waals surface area (Å²) < 4.78 is 4.82. The second-order valence-corrected chi connectivity index (χ2v) is 4.65. The van der Waals surface area contributed by atoms with E-state index in [9.17, 15) is 4.79 Å². The van der Waals surface area contributed by atoms with Crippen molar-refractivity contribution in [2.45, 2.75) is 53.0 Å². The van der Waals surface area contributed by atoms with Crippen LogP contribution in [-0.2, 0) is 9.53 Å². The number of nitrogens with zero attached hydrogens (tertiary/aromatic N) is 1. The van der Waals surface area contributed by atoms with Crippen molar-refractivity contribution >= 4 is 11.7 Å². The Morgan fingerprint density at radius 3 is 2.40 bits per heavy atom. The van der Waals surface area contributed by atoms with E-state index in [1.54, 1.807) is 0 Å². The van der Waals surface area contributed by atoms with Crippen LogP contribution in [0, 0.1) is 0 Å². The van der Waals surface area contributed by atoms with E-state index in [1.165, 1.54) is 6.92 Å². The minimum absolute atomic E-state index is 0.00283. The Bertz CT molecular complexity index is 229. The monoisotopic (exact) mass is 214 g/mol. The molecule has 0 saturated heterocycles. The van der Waals surface area contributed by atoms with Crippen molar-refractivity contribution in [2.75, 3.05) is 6.61 Å². The number of esters is 1. The van der Waals surface area contributed by atoms with Gasteiger partial charge < -0.3 is 10.2 Å².